The molecule has 3 aliphatic rings. The number of anilines is 2. The fourth-order valence-electron chi connectivity index (χ4n) is 4.12. The van der Waals surface area contributed by atoms with Gasteiger partial charge in [0.2, 0.25) is 0 Å². The second-order valence-electron chi connectivity index (χ2n) is 8.02. The average molecular weight is 439 g/mol. The molecule has 2 saturated heterocycles. The Labute approximate surface area is 188 Å². The normalized spacial score (nSPS) is 18.8. The van der Waals surface area contributed by atoms with Crippen LogP contribution in [-0.2, 0) is 15.9 Å². The van der Waals surface area contributed by atoms with Crippen molar-refractivity contribution in [3.8, 4) is 6.01 Å². The van der Waals surface area contributed by atoms with Crippen LogP contribution in [0.4, 0.5) is 11.6 Å². The molecule has 2 fully saturated rings. The molecule has 0 saturated carbocycles. The highest BCUT2D eigenvalue weighted by molar-refractivity contribution is 5.72. The first kappa shape index (κ1) is 21.0. The van der Waals surface area contributed by atoms with E-state index in [4.69, 9.17) is 14.2 Å². The zero-order valence-electron chi connectivity index (χ0n) is 18.3. The number of hydrazine groups is 1. The van der Waals surface area contributed by atoms with Crippen molar-refractivity contribution in [1.29, 1.82) is 0 Å². The average Bonchev–Trinajstić information content (AvgIpc) is 3.27. The molecule has 0 atom stereocenters. The largest absolute Gasteiger partial charge is 0.462 e. The van der Waals surface area contributed by atoms with Gasteiger partial charge in [0.25, 0.3) is 0 Å². The first-order chi connectivity index (χ1) is 15.8. The van der Waals surface area contributed by atoms with Gasteiger partial charge < -0.3 is 19.1 Å². The molecule has 0 bridgehead atoms. The lowest BCUT2D eigenvalue weighted by Crippen LogP contribution is -2.39. The molecule has 9 heteroatoms. The summed E-state index contributed by atoms with van der Waals surface area (Å²) in [6.07, 6.45) is 3.11. The van der Waals surface area contributed by atoms with E-state index in [0.717, 1.165) is 63.9 Å². The minimum atomic E-state index is 0.382. The van der Waals surface area contributed by atoms with Crippen LogP contribution in [0.2, 0.25) is 0 Å². The van der Waals surface area contributed by atoms with Crippen LogP contribution in [0.3, 0.4) is 0 Å². The van der Waals surface area contributed by atoms with Crippen LogP contribution in [0.25, 0.3) is 5.70 Å². The predicted octanol–water partition coefficient (Wildman–Crippen LogP) is 1.54. The lowest BCUT2D eigenvalue weighted by molar-refractivity contribution is 0.0317. The predicted molar refractivity (Wildman–Crippen MR) is 123 cm³/mol. The number of rotatable bonds is 8. The fourth-order valence-corrected chi connectivity index (χ4v) is 4.12. The van der Waals surface area contributed by atoms with E-state index in [-0.39, 0.29) is 0 Å². The Bertz CT molecular complexity index is 941. The number of nitrogens with one attached hydrogen (secondary N) is 2. The highest BCUT2D eigenvalue weighted by atomic mass is 16.5. The highest BCUT2D eigenvalue weighted by Crippen LogP contribution is 2.25. The van der Waals surface area contributed by atoms with Crippen LogP contribution in [0.5, 0.6) is 6.01 Å². The molecular weight excluding hydrogens is 408 g/mol. The molecule has 1 aromatic heterocycles. The molecule has 1 aliphatic carbocycles. The van der Waals surface area contributed by atoms with Gasteiger partial charge in [0, 0.05) is 44.4 Å². The molecule has 2 aliphatic heterocycles. The van der Waals surface area contributed by atoms with Crippen LogP contribution in [0, 0.1) is 0 Å². The van der Waals surface area contributed by atoms with Crippen molar-refractivity contribution < 1.29 is 14.2 Å². The van der Waals surface area contributed by atoms with E-state index in [9.17, 15) is 0 Å². The van der Waals surface area contributed by atoms with Crippen molar-refractivity contribution in [2.75, 3.05) is 76.1 Å². The molecule has 32 heavy (non-hydrogen) atoms. The van der Waals surface area contributed by atoms with Crippen LogP contribution in [0.1, 0.15) is 11.1 Å². The molecule has 5 rings (SSSR count). The Morgan fingerprint density at radius 3 is 2.56 bits per heavy atom. The van der Waals surface area contributed by atoms with Gasteiger partial charge in [-0.3, -0.25) is 15.8 Å². The first-order valence-corrected chi connectivity index (χ1v) is 11.3. The minimum Gasteiger partial charge on any atom is -0.462 e. The zero-order valence-corrected chi connectivity index (χ0v) is 18.3. The summed E-state index contributed by atoms with van der Waals surface area (Å²) in [6.45, 7) is 7.80. The number of ether oxygens (including phenoxy) is 3. The van der Waals surface area contributed by atoms with Gasteiger partial charge >= 0.3 is 6.01 Å². The Morgan fingerprint density at radius 1 is 0.938 bits per heavy atom. The van der Waals surface area contributed by atoms with Gasteiger partial charge in [-0.05, 0) is 12.0 Å². The molecule has 1 aromatic carbocycles. The Morgan fingerprint density at radius 2 is 1.72 bits per heavy atom. The maximum atomic E-state index is 5.96. The third-order valence-electron chi connectivity index (χ3n) is 5.93. The SMILES string of the molecule is C1=C(NNc2cc(N3CCOCC3)nc(OCCN3CCOCC3)n2)c2ccccc2C1. The molecule has 0 unspecified atom stereocenters. The molecule has 2 N–H and O–H groups in total. The highest BCUT2D eigenvalue weighted by Gasteiger charge is 2.18. The van der Waals surface area contributed by atoms with Crippen LogP contribution >= 0.6 is 0 Å². The van der Waals surface area contributed by atoms with Crippen molar-refractivity contribution in [1.82, 2.24) is 20.3 Å². The molecule has 2 aromatic rings. The Hall–Kier alpha value is -2.88. The number of allylic oxidation sites excluding steroid dienone is 1. The van der Waals surface area contributed by atoms with Gasteiger partial charge in [-0.1, -0.05) is 30.3 Å². The maximum Gasteiger partial charge on any atom is 0.320 e. The van der Waals surface area contributed by atoms with Crippen molar-refractivity contribution in [3.05, 3.63) is 47.5 Å². The Balaban J connectivity index is 1.26. The fraction of sp³-hybridized carbons (Fsp3) is 0.478. The summed E-state index contributed by atoms with van der Waals surface area (Å²) >= 11 is 0. The summed E-state index contributed by atoms with van der Waals surface area (Å²) in [5.74, 6) is 1.52. The number of fused-ring (bicyclic) bond motifs is 1. The van der Waals surface area contributed by atoms with E-state index >= 15 is 0 Å². The zero-order chi connectivity index (χ0) is 21.6. The van der Waals surface area contributed by atoms with Crippen molar-refractivity contribution in [2.24, 2.45) is 0 Å². The number of aromatic nitrogens is 2. The monoisotopic (exact) mass is 438 g/mol. The topological polar surface area (TPSA) is 84.0 Å². The van der Waals surface area contributed by atoms with E-state index in [1.807, 2.05) is 6.07 Å². The number of morpholine rings is 2. The first-order valence-electron chi connectivity index (χ1n) is 11.3. The summed E-state index contributed by atoms with van der Waals surface area (Å²) in [4.78, 5) is 13.8. The van der Waals surface area contributed by atoms with E-state index < -0.39 is 0 Å². The maximum absolute atomic E-state index is 5.96. The van der Waals surface area contributed by atoms with Gasteiger partial charge in [0.05, 0.1) is 32.1 Å². The molecule has 3 heterocycles. The number of nitrogens with zero attached hydrogens (tertiary/aromatic N) is 4. The van der Waals surface area contributed by atoms with Gasteiger partial charge in [0.15, 0.2) is 5.82 Å². The smallest absolute Gasteiger partial charge is 0.320 e. The van der Waals surface area contributed by atoms with Gasteiger partial charge in [0.1, 0.15) is 12.4 Å². The molecular formula is C23H30N6O3. The van der Waals surface area contributed by atoms with Crippen LogP contribution in [0.15, 0.2) is 36.4 Å². The summed E-state index contributed by atoms with van der Waals surface area (Å²) in [6, 6.07) is 10.7. The van der Waals surface area contributed by atoms with Gasteiger partial charge in [-0.2, -0.15) is 9.97 Å². The lowest BCUT2D eigenvalue weighted by atomic mass is 10.1. The molecule has 9 nitrogen and oxygen atoms in total. The van der Waals surface area contributed by atoms with E-state index in [2.05, 4.69) is 61.0 Å². The van der Waals surface area contributed by atoms with Crippen LogP contribution in [-0.4, -0.2) is 80.6 Å². The molecule has 0 spiro atoms. The number of hydrogen-bond donors (Lipinski definition) is 2. The van der Waals surface area contributed by atoms with Crippen molar-refractivity contribution in [3.63, 3.8) is 0 Å². The van der Waals surface area contributed by atoms with E-state index in [0.29, 0.717) is 31.6 Å². The summed E-state index contributed by atoms with van der Waals surface area (Å²) < 4.78 is 16.9. The molecule has 170 valence electrons. The summed E-state index contributed by atoms with van der Waals surface area (Å²) in [5, 5.41) is 0. The van der Waals surface area contributed by atoms with E-state index in [1.54, 1.807) is 0 Å². The van der Waals surface area contributed by atoms with Crippen molar-refractivity contribution >= 4 is 17.3 Å². The number of benzene rings is 1. The van der Waals surface area contributed by atoms with Gasteiger partial charge in [-0.25, -0.2) is 0 Å². The second-order valence-corrected chi connectivity index (χ2v) is 8.02. The third-order valence-corrected chi connectivity index (χ3v) is 5.93. The number of hydrogen-bond acceptors (Lipinski definition) is 9. The van der Waals surface area contributed by atoms with Crippen LogP contribution < -0.4 is 20.5 Å². The molecule has 0 amide bonds. The van der Waals surface area contributed by atoms with E-state index in [1.165, 1.54) is 11.1 Å². The second kappa shape index (κ2) is 10.2. The summed E-state index contributed by atoms with van der Waals surface area (Å²) in [5.41, 5.74) is 10.2. The van der Waals surface area contributed by atoms with Gasteiger partial charge in [-0.15, -0.1) is 0 Å². The quantitative estimate of drug-likeness (QED) is 0.596. The molecule has 0 radical (unpaired) electrons. The minimum absolute atomic E-state index is 0.382. The third kappa shape index (κ3) is 5.12. The Kier molecular flexibility index (Phi) is 6.66. The standard InChI is InChI=1S/C23H30N6O3/c1-2-4-19-18(3-1)5-6-20(19)26-27-21-17-22(29-10-14-31-15-11-29)25-23(24-21)32-16-9-28-7-12-30-13-8-28/h1-4,6,17,26H,5,7-16H2,(H,24,25,27). The van der Waals surface area contributed by atoms with Crippen molar-refractivity contribution in [2.45, 2.75) is 6.42 Å². The summed E-state index contributed by atoms with van der Waals surface area (Å²) in [7, 11) is 0. The lowest BCUT2D eigenvalue weighted by Gasteiger charge is -2.28.